The van der Waals surface area contributed by atoms with Crippen LogP contribution in [0.4, 0.5) is 0 Å². The highest BCUT2D eigenvalue weighted by molar-refractivity contribution is 5.94. The van der Waals surface area contributed by atoms with E-state index in [1.807, 2.05) is 31.2 Å². The Bertz CT molecular complexity index is 423. The van der Waals surface area contributed by atoms with Gasteiger partial charge < -0.3 is 5.32 Å². The Morgan fingerprint density at radius 1 is 1.18 bits per heavy atom. The van der Waals surface area contributed by atoms with E-state index in [2.05, 4.69) is 5.32 Å². The summed E-state index contributed by atoms with van der Waals surface area (Å²) in [7, 11) is 0. The van der Waals surface area contributed by atoms with Crippen molar-refractivity contribution in [3.05, 3.63) is 35.4 Å². The molecule has 1 aromatic carbocycles. The fourth-order valence-corrected chi connectivity index (χ4v) is 3.38. The molecule has 90 valence electrons. The Morgan fingerprint density at radius 3 is 2.53 bits per heavy atom. The Labute approximate surface area is 102 Å². The molecule has 0 heterocycles. The number of benzene rings is 1. The number of carbonyl (C=O) groups is 1. The van der Waals surface area contributed by atoms with Gasteiger partial charge in [0, 0.05) is 11.6 Å². The number of nitrogens with one attached hydrogen (secondary N) is 1. The molecule has 2 saturated carbocycles. The number of amides is 1. The van der Waals surface area contributed by atoms with Crippen molar-refractivity contribution in [1.29, 1.82) is 0 Å². The summed E-state index contributed by atoms with van der Waals surface area (Å²) in [5.41, 5.74) is 1.99. The summed E-state index contributed by atoms with van der Waals surface area (Å²) in [4.78, 5) is 12.1. The lowest BCUT2D eigenvalue weighted by atomic mass is 9.95. The minimum atomic E-state index is 0.0996. The summed E-state index contributed by atoms with van der Waals surface area (Å²) < 4.78 is 0. The van der Waals surface area contributed by atoms with Crippen LogP contribution >= 0.6 is 0 Å². The highest BCUT2D eigenvalue weighted by Crippen LogP contribution is 2.44. The van der Waals surface area contributed by atoms with Gasteiger partial charge in [-0.1, -0.05) is 24.1 Å². The molecule has 1 amide bonds. The van der Waals surface area contributed by atoms with E-state index in [-0.39, 0.29) is 5.91 Å². The van der Waals surface area contributed by atoms with Crippen LogP contribution in [0.25, 0.3) is 0 Å². The maximum atomic E-state index is 12.1. The van der Waals surface area contributed by atoms with E-state index < -0.39 is 0 Å². The van der Waals surface area contributed by atoms with Crippen LogP contribution in [0.5, 0.6) is 0 Å². The maximum absolute atomic E-state index is 12.1. The van der Waals surface area contributed by atoms with Crippen molar-refractivity contribution in [3.8, 4) is 0 Å². The van der Waals surface area contributed by atoms with Gasteiger partial charge in [0.1, 0.15) is 0 Å². The zero-order valence-corrected chi connectivity index (χ0v) is 10.3. The molecule has 1 aromatic rings. The van der Waals surface area contributed by atoms with Crippen LogP contribution in [-0.4, -0.2) is 11.9 Å². The first kappa shape index (κ1) is 10.8. The third-order valence-electron chi connectivity index (χ3n) is 4.37. The van der Waals surface area contributed by atoms with Gasteiger partial charge in [-0.05, 0) is 50.2 Å². The van der Waals surface area contributed by atoms with Crippen LogP contribution in [0.15, 0.2) is 24.3 Å². The van der Waals surface area contributed by atoms with Crippen molar-refractivity contribution < 1.29 is 4.79 Å². The average molecular weight is 229 g/mol. The van der Waals surface area contributed by atoms with Crippen molar-refractivity contribution in [2.75, 3.05) is 0 Å². The Balaban J connectivity index is 1.65. The summed E-state index contributed by atoms with van der Waals surface area (Å²) in [6.45, 7) is 2.04. The molecule has 0 aromatic heterocycles. The standard InChI is InChI=1S/C15H19NO/c1-10-2-5-12(6-3-10)15(17)16-14-9-11-4-7-13(14)8-11/h2-3,5-6,11,13-14H,4,7-9H2,1H3,(H,16,17). The van der Waals surface area contributed by atoms with Crippen LogP contribution in [0.1, 0.15) is 41.6 Å². The lowest BCUT2D eigenvalue weighted by Crippen LogP contribution is -2.38. The van der Waals surface area contributed by atoms with E-state index in [9.17, 15) is 4.79 Å². The second kappa shape index (κ2) is 4.17. The molecule has 3 atom stereocenters. The predicted molar refractivity (Wildman–Crippen MR) is 67.9 cm³/mol. The van der Waals surface area contributed by atoms with Crippen LogP contribution < -0.4 is 5.32 Å². The zero-order valence-electron chi connectivity index (χ0n) is 10.3. The Morgan fingerprint density at radius 2 is 1.94 bits per heavy atom. The van der Waals surface area contributed by atoms with E-state index in [1.54, 1.807) is 0 Å². The zero-order chi connectivity index (χ0) is 11.8. The van der Waals surface area contributed by atoms with Crippen molar-refractivity contribution in [2.24, 2.45) is 11.8 Å². The van der Waals surface area contributed by atoms with E-state index in [1.165, 1.54) is 31.2 Å². The monoisotopic (exact) mass is 229 g/mol. The molecule has 3 unspecified atom stereocenters. The van der Waals surface area contributed by atoms with E-state index in [4.69, 9.17) is 0 Å². The number of rotatable bonds is 2. The highest BCUT2D eigenvalue weighted by atomic mass is 16.1. The second-order valence-electron chi connectivity index (χ2n) is 5.62. The smallest absolute Gasteiger partial charge is 0.251 e. The normalized spacial score (nSPS) is 30.5. The minimum absolute atomic E-state index is 0.0996. The first-order valence-electron chi connectivity index (χ1n) is 6.60. The van der Waals surface area contributed by atoms with Crippen LogP contribution in [0.2, 0.25) is 0 Å². The third-order valence-corrected chi connectivity index (χ3v) is 4.37. The van der Waals surface area contributed by atoms with Crippen LogP contribution in [-0.2, 0) is 0 Å². The summed E-state index contributed by atoms with van der Waals surface area (Å²) in [6.07, 6.45) is 5.21. The lowest BCUT2D eigenvalue weighted by Gasteiger charge is -2.22. The summed E-state index contributed by atoms with van der Waals surface area (Å²) in [5.74, 6) is 1.72. The lowest BCUT2D eigenvalue weighted by molar-refractivity contribution is 0.0923. The third kappa shape index (κ3) is 2.08. The van der Waals surface area contributed by atoms with Gasteiger partial charge in [-0.15, -0.1) is 0 Å². The number of aryl methyl sites for hydroxylation is 1. The van der Waals surface area contributed by atoms with Crippen LogP contribution in [0, 0.1) is 18.8 Å². The molecule has 0 aliphatic heterocycles. The molecule has 3 rings (SSSR count). The Hall–Kier alpha value is -1.31. The van der Waals surface area contributed by atoms with Gasteiger partial charge in [-0.25, -0.2) is 0 Å². The average Bonchev–Trinajstić information content (AvgIpc) is 2.91. The molecule has 2 fully saturated rings. The van der Waals surface area contributed by atoms with Crippen molar-refractivity contribution in [2.45, 2.75) is 38.6 Å². The number of fused-ring (bicyclic) bond motifs is 2. The number of carbonyl (C=O) groups excluding carboxylic acids is 1. The Kier molecular flexibility index (Phi) is 2.65. The largest absolute Gasteiger partial charge is 0.349 e. The molecule has 1 N–H and O–H groups in total. The maximum Gasteiger partial charge on any atom is 0.251 e. The fraction of sp³-hybridized carbons (Fsp3) is 0.533. The van der Waals surface area contributed by atoms with Crippen LogP contribution in [0.3, 0.4) is 0 Å². The van der Waals surface area contributed by atoms with Crippen molar-refractivity contribution >= 4 is 5.91 Å². The van der Waals surface area contributed by atoms with Gasteiger partial charge in [0.05, 0.1) is 0 Å². The van der Waals surface area contributed by atoms with Gasteiger partial charge in [0.25, 0.3) is 5.91 Å². The molecule has 2 aliphatic carbocycles. The SMILES string of the molecule is Cc1ccc(C(=O)NC2CC3CCC2C3)cc1. The van der Waals surface area contributed by atoms with Gasteiger partial charge in [0.2, 0.25) is 0 Å². The molecular weight excluding hydrogens is 210 g/mol. The van der Waals surface area contributed by atoms with Gasteiger partial charge in [-0.3, -0.25) is 4.79 Å². The second-order valence-corrected chi connectivity index (χ2v) is 5.62. The van der Waals surface area contributed by atoms with Crippen molar-refractivity contribution in [3.63, 3.8) is 0 Å². The molecule has 2 aliphatic rings. The number of hydrogen-bond donors (Lipinski definition) is 1. The van der Waals surface area contributed by atoms with Gasteiger partial charge in [-0.2, -0.15) is 0 Å². The quantitative estimate of drug-likeness (QED) is 0.830. The van der Waals surface area contributed by atoms with Gasteiger partial charge >= 0.3 is 0 Å². The summed E-state index contributed by atoms with van der Waals surface area (Å²) in [6, 6.07) is 8.25. The van der Waals surface area contributed by atoms with E-state index in [0.717, 1.165) is 17.4 Å². The predicted octanol–water partition coefficient (Wildman–Crippen LogP) is 2.91. The molecule has 2 heteroatoms. The molecule has 0 radical (unpaired) electrons. The van der Waals surface area contributed by atoms with Gasteiger partial charge in [0.15, 0.2) is 0 Å². The topological polar surface area (TPSA) is 29.1 Å². The number of hydrogen-bond acceptors (Lipinski definition) is 1. The first-order chi connectivity index (χ1) is 8.22. The highest BCUT2D eigenvalue weighted by Gasteiger charge is 2.40. The minimum Gasteiger partial charge on any atom is -0.349 e. The molecular formula is C15H19NO. The molecule has 0 saturated heterocycles. The fourth-order valence-electron chi connectivity index (χ4n) is 3.38. The van der Waals surface area contributed by atoms with Crippen molar-refractivity contribution in [1.82, 2.24) is 5.32 Å². The molecule has 17 heavy (non-hydrogen) atoms. The summed E-state index contributed by atoms with van der Waals surface area (Å²) >= 11 is 0. The summed E-state index contributed by atoms with van der Waals surface area (Å²) in [5, 5.41) is 3.21. The van der Waals surface area contributed by atoms with E-state index >= 15 is 0 Å². The first-order valence-corrected chi connectivity index (χ1v) is 6.60. The molecule has 0 spiro atoms. The van der Waals surface area contributed by atoms with E-state index in [0.29, 0.717) is 6.04 Å². The molecule has 2 nitrogen and oxygen atoms in total. The molecule has 2 bridgehead atoms.